The molecule has 4 heteroatoms. The van der Waals surface area contributed by atoms with Crippen molar-refractivity contribution in [2.45, 2.75) is 13.0 Å². The van der Waals surface area contributed by atoms with Crippen LogP contribution < -0.4 is 16.8 Å². The Bertz CT molecular complexity index is 94.2. The average molecular weight is 131 g/mol. The van der Waals surface area contributed by atoms with Crippen molar-refractivity contribution < 1.29 is 4.79 Å². The van der Waals surface area contributed by atoms with E-state index in [2.05, 4.69) is 5.32 Å². The fraction of sp³-hybridized carbons (Fsp3) is 0.800. The number of rotatable bonds is 4. The Morgan fingerprint density at radius 3 is 2.44 bits per heavy atom. The third-order valence-corrected chi connectivity index (χ3v) is 1.03. The second-order valence-corrected chi connectivity index (χ2v) is 1.75. The molecule has 0 aliphatic carbocycles. The molecule has 4 nitrogen and oxygen atoms in total. The first-order chi connectivity index (χ1) is 4.22. The van der Waals surface area contributed by atoms with Crippen LogP contribution in [0.3, 0.4) is 0 Å². The normalized spacial score (nSPS) is 13.1. The number of hydrogen-bond donors (Lipinski definition) is 3. The van der Waals surface area contributed by atoms with E-state index in [1.807, 2.05) is 6.92 Å². The molecule has 54 valence electrons. The molecule has 0 aromatic rings. The van der Waals surface area contributed by atoms with Crippen LogP contribution in [0.15, 0.2) is 0 Å². The number of nitrogens with one attached hydrogen (secondary N) is 1. The van der Waals surface area contributed by atoms with E-state index < -0.39 is 0 Å². The molecule has 0 saturated heterocycles. The molecule has 0 aliphatic heterocycles. The third kappa shape index (κ3) is 3.05. The van der Waals surface area contributed by atoms with Crippen molar-refractivity contribution in [1.82, 2.24) is 5.32 Å². The van der Waals surface area contributed by atoms with Crippen LogP contribution in [0.1, 0.15) is 6.92 Å². The standard InChI is InChI=1S/C5H13N3O/c1-2-8-4(3-6)5(7)9/h4,8H,2-3,6H2,1H3,(H2,7,9)/t4-/m0/s1. The zero-order chi connectivity index (χ0) is 7.28. The summed E-state index contributed by atoms with van der Waals surface area (Å²) < 4.78 is 0. The lowest BCUT2D eigenvalue weighted by Gasteiger charge is -2.09. The van der Waals surface area contributed by atoms with Gasteiger partial charge in [0.05, 0.1) is 6.04 Å². The lowest BCUT2D eigenvalue weighted by atomic mass is 10.3. The van der Waals surface area contributed by atoms with E-state index in [1.165, 1.54) is 0 Å². The van der Waals surface area contributed by atoms with Gasteiger partial charge in [0.1, 0.15) is 0 Å². The Labute approximate surface area is 54.6 Å². The van der Waals surface area contributed by atoms with Gasteiger partial charge in [-0.3, -0.25) is 4.79 Å². The van der Waals surface area contributed by atoms with Gasteiger partial charge in [0.15, 0.2) is 0 Å². The van der Waals surface area contributed by atoms with Gasteiger partial charge in [0.2, 0.25) is 5.91 Å². The molecule has 1 atom stereocenters. The predicted octanol–water partition coefficient (Wildman–Crippen LogP) is -1.59. The van der Waals surface area contributed by atoms with Gasteiger partial charge in [-0.2, -0.15) is 0 Å². The van der Waals surface area contributed by atoms with Crippen LogP contribution in [-0.4, -0.2) is 25.0 Å². The number of hydrogen-bond acceptors (Lipinski definition) is 3. The van der Waals surface area contributed by atoms with Crippen LogP contribution in [0, 0.1) is 0 Å². The highest BCUT2D eigenvalue weighted by atomic mass is 16.1. The zero-order valence-corrected chi connectivity index (χ0v) is 5.55. The van der Waals surface area contributed by atoms with E-state index in [-0.39, 0.29) is 18.5 Å². The largest absolute Gasteiger partial charge is 0.368 e. The number of likely N-dealkylation sites (N-methyl/N-ethyl adjacent to an activating group) is 1. The summed E-state index contributed by atoms with van der Waals surface area (Å²) in [5, 5.41) is 2.83. The van der Waals surface area contributed by atoms with Crippen LogP contribution in [0.5, 0.6) is 0 Å². The maximum absolute atomic E-state index is 10.4. The molecule has 0 saturated carbocycles. The van der Waals surface area contributed by atoms with E-state index in [0.717, 1.165) is 0 Å². The minimum atomic E-state index is -0.389. The van der Waals surface area contributed by atoms with Crippen molar-refractivity contribution in [2.75, 3.05) is 13.1 Å². The summed E-state index contributed by atoms with van der Waals surface area (Å²) in [7, 11) is 0. The van der Waals surface area contributed by atoms with Crippen molar-refractivity contribution in [3.05, 3.63) is 0 Å². The smallest absolute Gasteiger partial charge is 0.235 e. The van der Waals surface area contributed by atoms with Crippen LogP contribution in [0.25, 0.3) is 0 Å². The van der Waals surface area contributed by atoms with E-state index in [0.29, 0.717) is 6.54 Å². The molecule has 0 aliphatic rings. The molecule has 0 fully saturated rings. The SMILES string of the molecule is CCN[C@@H](CN)C(N)=O. The van der Waals surface area contributed by atoms with Gasteiger partial charge in [0.25, 0.3) is 0 Å². The molecule has 0 aromatic carbocycles. The molecule has 9 heavy (non-hydrogen) atoms. The minimum absolute atomic E-state index is 0.267. The predicted molar refractivity (Wildman–Crippen MR) is 35.7 cm³/mol. The van der Waals surface area contributed by atoms with Crippen molar-refractivity contribution >= 4 is 5.91 Å². The molecule has 1 amide bonds. The molecular formula is C5H13N3O. The summed E-state index contributed by atoms with van der Waals surface area (Å²) in [4.78, 5) is 10.4. The minimum Gasteiger partial charge on any atom is -0.368 e. The van der Waals surface area contributed by atoms with Gasteiger partial charge in [-0.05, 0) is 6.54 Å². The third-order valence-electron chi connectivity index (χ3n) is 1.03. The Kier molecular flexibility index (Phi) is 4.00. The Hall–Kier alpha value is -0.610. The summed E-state index contributed by atoms with van der Waals surface area (Å²) in [6.45, 7) is 2.87. The second kappa shape index (κ2) is 4.29. The monoisotopic (exact) mass is 131 g/mol. The summed E-state index contributed by atoms with van der Waals surface area (Å²) in [5.41, 5.74) is 10.1. The topological polar surface area (TPSA) is 81.1 Å². The molecule has 5 N–H and O–H groups in total. The molecule has 0 unspecified atom stereocenters. The summed E-state index contributed by atoms with van der Waals surface area (Å²) in [6.07, 6.45) is 0. The first-order valence-electron chi connectivity index (χ1n) is 2.95. The van der Waals surface area contributed by atoms with Gasteiger partial charge >= 0.3 is 0 Å². The number of nitrogens with two attached hydrogens (primary N) is 2. The summed E-state index contributed by atoms with van der Waals surface area (Å²) in [6, 6.07) is -0.366. The molecule has 0 radical (unpaired) electrons. The van der Waals surface area contributed by atoms with Crippen LogP contribution in [-0.2, 0) is 4.79 Å². The first-order valence-corrected chi connectivity index (χ1v) is 2.95. The lowest BCUT2D eigenvalue weighted by molar-refractivity contribution is -0.119. The van der Waals surface area contributed by atoms with E-state index in [4.69, 9.17) is 11.5 Å². The van der Waals surface area contributed by atoms with Gasteiger partial charge < -0.3 is 16.8 Å². The highest BCUT2D eigenvalue weighted by molar-refractivity contribution is 5.80. The highest BCUT2D eigenvalue weighted by Crippen LogP contribution is 1.74. The highest BCUT2D eigenvalue weighted by Gasteiger charge is 2.09. The van der Waals surface area contributed by atoms with Gasteiger partial charge in [-0.25, -0.2) is 0 Å². The second-order valence-electron chi connectivity index (χ2n) is 1.75. The maximum Gasteiger partial charge on any atom is 0.235 e. The van der Waals surface area contributed by atoms with Crippen LogP contribution >= 0.6 is 0 Å². The quantitative estimate of drug-likeness (QED) is 0.430. The first kappa shape index (κ1) is 8.39. The number of carbonyl (C=O) groups is 1. The van der Waals surface area contributed by atoms with E-state index >= 15 is 0 Å². The van der Waals surface area contributed by atoms with E-state index in [1.54, 1.807) is 0 Å². The summed E-state index contributed by atoms with van der Waals surface area (Å²) in [5.74, 6) is -0.389. The fourth-order valence-corrected chi connectivity index (χ4v) is 0.546. The zero-order valence-electron chi connectivity index (χ0n) is 5.55. The van der Waals surface area contributed by atoms with Crippen molar-refractivity contribution in [3.8, 4) is 0 Å². The van der Waals surface area contributed by atoms with Crippen molar-refractivity contribution in [1.29, 1.82) is 0 Å². The van der Waals surface area contributed by atoms with Gasteiger partial charge in [-0.1, -0.05) is 6.92 Å². The molecular weight excluding hydrogens is 118 g/mol. The van der Waals surface area contributed by atoms with Crippen molar-refractivity contribution in [2.24, 2.45) is 11.5 Å². The molecule has 0 bridgehead atoms. The van der Waals surface area contributed by atoms with Gasteiger partial charge in [0, 0.05) is 6.54 Å². The van der Waals surface area contributed by atoms with Crippen LogP contribution in [0.4, 0.5) is 0 Å². The maximum atomic E-state index is 10.4. The molecule has 0 heterocycles. The summed E-state index contributed by atoms with van der Waals surface area (Å²) >= 11 is 0. The van der Waals surface area contributed by atoms with Crippen LogP contribution in [0.2, 0.25) is 0 Å². The molecule has 0 rings (SSSR count). The Morgan fingerprint density at radius 2 is 2.33 bits per heavy atom. The molecule has 0 spiro atoms. The van der Waals surface area contributed by atoms with Gasteiger partial charge in [-0.15, -0.1) is 0 Å². The fourth-order valence-electron chi connectivity index (χ4n) is 0.546. The number of amides is 1. The molecule has 0 aromatic heterocycles. The number of carbonyl (C=O) groups excluding carboxylic acids is 1. The Morgan fingerprint density at radius 1 is 1.78 bits per heavy atom. The number of primary amides is 1. The van der Waals surface area contributed by atoms with Crippen molar-refractivity contribution in [3.63, 3.8) is 0 Å². The van der Waals surface area contributed by atoms with E-state index in [9.17, 15) is 4.79 Å². The lowest BCUT2D eigenvalue weighted by Crippen LogP contribution is -2.46. The average Bonchev–Trinajstić information content (AvgIpc) is 1.82. The Balaban J connectivity index is 3.54.